The lowest BCUT2D eigenvalue weighted by Gasteiger charge is -2.06. The van der Waals surface area contributed by atoms with Crippen LogP contribution in [0, 0.1) is 5.82 Å². The Bertz CT molecular complexity index is 1340. The van der Waals surface area contributed by atoms with Crippen molar-refractivity contribution in [2.75, 3.05) is 0 Å². The second-order valence-corrected chi connectivity index (χ2v) is 6.49. The Kier molecular flexibility index (Phi) is 4.02. The van der Waals surface area contributed by atoms with Gasteiger partial charge in [0.1, 0.15) is 11.3 Å². The van der Waals surface area contributed by atoms with E-state index in [4.69, 9.17) is 4.42 Å². The highest BCUT2D eigenvalue weighted by atomic mass is 19.1. The van der Waals surface area contributed by atoms with Gasteiger partial charge in [0.05, 0.1) is 5.56 Å². The van der Waals surface area contributed by atoms with Gasteiger partial charge in [0.15, 0.2) is 5.58 Å². The van der Waals surface area contributed by atoms with Crippen molar-refractivity contribution in [3.8, 4) is 11.5 Å². The van der Waals surface area contributed by atoms with E-state index in [1.165, 1.54) is 18.3 Å². The molecule has 29 heavy (non-hydrogen) atoms. The lowest BCUT2D eigenvalue weighted by Crippen LogP contribution is -2.23. The van der Waals surface area contributed by atoms with Gasteiger partial charge in [-0.3, -0.25) is 9.20 Å². The number of hydrogen-bond acceptors (Lipinski definition) is 5. The molecule has 0 atom stereocenters. The number of fused-ring (bicyclic) bond motifs is 2. The minimum atomic E-state index is -0.367. The maximum absolute atomic E-state index is 13.3. The van der Waals surface area contributed by atoms with E-state index in [9.17, 15) is 9.18 Å². The number of rotatable bonds is 4. The normalized spacial score (nSPS) is 11.2. The fraction of sp³-hybridized carbons (Fsp3) is 0.0476. The highest BCUT2D eigenvalue weighted by Crippen LogP contribution is 2.25. The molecule has 0 unspecified atom stereocenters. The standard InChI is InChI=1S/C21H14FN5O2/c22-16-5-6-17-18(9-16)29-20(26-17)14-3-1-13(2-4-14)10-24-19(28)15-11-25-21-23-7-8-27(21)12-15/h1-9,11-12H,10H2,(H,24,28). The largest absolute Gasteiger partial charge is 0.436 e. The predicted octanol–water partition coefficient (Wildman–Crippen LogP) is 3.61. The number of halogens is 1. The van der Waals surface area contributed by atoms with Gasteiger partial charge in [-0.15, -0.1) is 0 Å². The third-order valence-corrected chi connectivity index (χ3v) is 4.51. The zero-order valence-electron chi connectivity index (χ0n) is 15.0. The Morgan fingerprint density at radius 3 is 2.86 bits per heavy atom. The molecule has 3 heterocycles. The second-order valence-electron chi connectivity index (χ2n) is 6.49. The van der Waals surface area contributed by atoms with Gasteiger partial charge in [-0.05, 0) is 29.8 Å². The summed E-state index contributed by atoms with van der Waals surface area (Å²) in [5, 5.41) is 2.87. The van der Waals surface area contributed by atoms with E-state index in [-0.39, 0.29) is 11.7 Å². The zero-order valence-corrected chi connectivity index (χ0v) is 15.0. The molecular weight excluding hydrogens is 373 g/mol. The van der Waals surface area contributed by atoms with E-state index < -0.39 is 0 Å². The third kappa shape index (κ3) is 3.31. The lowest BCUT2D eigenvalue weighted by atomic mass is 10.1. The van der Waals surface area contributed by atoms with Crippen molar-refractivity contribution in [2.45, 2.75) is 6.54 Å². The van der Waals surface area contributed by atoms with Crippen LogP contribution in [0.2, 0.25) is 0 Å². The fourth-order valence-corrected chi connectivity index (χ4v) is 3.01. The van der Waals surface area contributed by atoms with Crippen molar-refractivity contribution in [1.82, 2.24) is 24.7 Å². The number of carbonyl (C=O) groups excluding carboxylic acids is 1. The summed E-state index contributed by atoms with van der Waals surface area (Å²) in [4.78, 5) is 24.9. The summed E-state index contributed by atoms with van der Waals surface area (Å²) in [5.41, 5.74) is 3.14. The van der Waals surface area contributed by atoms with E-state index in [2.05, 4.69) is 20.3 Å². The zero-order chi connectivity index (χ0) is 19.8. The molecule has 0 saturated heterocycles. The van der Waals surface area contributed by atoms with E-state index in [0.29, 0.717) is 34.9 Å². The lowest BCUT2D eigenvalue weighted by molar-refractivity contribution is 0.0950. The van der Waals surface area contributed by atoms with Crippen LogP contribution in [0.15, 0.2) is 71.7 Å². The first-order chi connectivity index (χ1) is 14.2. The van der Waals surface area contributed by atoms with Gasteiger partial charge in [0.2, 0.25) is 11.7 Å². The van der Waals surface area contributed by atoms with Crippen molar-refractivity contribution in [3.05, 3.63) is 84.2 Å². The molecule has 0 saturated carbocycles. The van der Waals surface area contributed by atoms with Crippen LogP contribution in [0.4, 0.5) is 4.39 Å². The van der Waals surface area contributed by atoms with Crippen LogP contribution in [0.3, 0.4) is 0 Å². The summed E-state index contributed by atoms with van der Waals surface area (Å²) in [5.74, 6) is 0.367. The molecule has 8 heteroatoms. The summed E-state index contributed by atoms with van der Waals surface area (Å²) in [6, 6.07) is 11.7. The molecule has 7 nitrogen and oxygen atoms in total. The summed E-state index contributed by atoms with van der Waals surface area (Å²) in [7, 11) is 0. The first-order valence-corrected chi connectivity index (χ1v) is 8.88. The molecular formula is C21H14FN5O2. The summed E-state index contributed by atoms with van der Waals surface area (Å²) >= 11 is 0. The average Bonchev–Trinajstić information content (AvgIpc) is 3.38. The first kappa shape index (κ1) is 17.1. The topological polar surface area (TPSA) is 85.3 Å². The van der Waals surface area contributed by atoms with Crippen molar-refractivity contribution in [2.24, 2.45) is 0 Å². The molecule has 0 spiro atoms. The molecule has 142 valence electrons. The number of benzene rings is 2. The van der Waals surface area contributed by atoms with Crippen LogP contribution in [0.25, 0.3) is 28.3 Å². The average molecular weight is 387 g/mol. The molecule has 0 aliphatic carbocycles. The maximum Gasteiger partial charge on any atom is 0.254 e. The minimum absolute atomic E-state index is 0.224. The number of amides is 1. The number of nitrogens with one attached hydrogen (secondary N) is 1. The van der Waals surface area contributed by atoms with Gasteiger partial charge < -0.3 is 9.73 Å². The van der Waals surface area contributed by atoms with E-state index in [1.54, 1.807) is 29.1 Å². The van der Waals surface area contributed by atoms with Crippen LogP contribution >= 0.6 is 0 Å². The number of aromatic nitrogens is 4. The Labute approximate surface area is 163 Å². The SMILES string of the molecule is O=C(NCc1ccc(-c2nc3ccc(F)cc3o2)cc1)c1cnc2nccn2c1. The van der Waals surface area contributed by atoms with Crippen LogP contribution in [-0.2, 0) is 6.54 Å². The number of nitrogens with zero attached hydrogens (tertiary/aromatic N) is 4. The smallest absolute Gasteiger partial charge is 0.254 e. The molecule has 1 N–H and O–H groups in total. The second kappa shape index (κ2) is 6.83. The van der Waals surface area contributed by atoms with Gasteiger partial charge in [0, 0.05) is 43.0 Å². The van der Waals surface area contributed by atoms with E-state index in [0.717, 1.165) is 11.1 Å². The number of hydrogen-bond donors (Lipinski definition) is 1. The third-order valence-electron chi connectivity index (χ3n) is 4.51. The highest BCUT2D eigenvalue weighted by molar-refractivity contribution is 5.93. The fourth-order valence-electron chi connectivity index (χ4n) is 3.01. The van der Waals surface area contributed by atoms with Crippen LogP contribution in [-0.4, -0.2) is 25.3 Å². The van der Waals surface area contributed by atoms with Gasteiger partial charge >= 0.3 is 0 Å². The number of oxazole rings is 1. The van der Waals surface area contributed by atoms with Gasteiger partial charge in [0.25, 0.3) is 5.91 Å². The van der Waals surface area contributed by atoms with Crippen molar-refractivity contribution >= 4 is 22.8 Å². The molecule has 0 bridgehead atoms. The quantitative estimate of drug-likeness (QED) is 0.509. The predicted molar refractivity (Wildman–Crippen MR) is 104 cm³/mol. The van der Waals surface area contributed by atoms with Crippen molar-refractivity contribution in [1.29, 1.82) is 0 Å². The molecule has 0 radical (unpaired) electrons. The summed E-state index contributed by atoms with van der Waals surface area (Å²) in [6.45, 7) is 0.361. The molecule has 5 aromatic rings. The molecule has 2 aromatic carbocycles. The van der Waals surface area contributed by atoms with Crippen LogP contribution in [0.1, 0.15) is 15.9 Å². The number of imidazole rings is 1. The van der Waals surface area contributed by atoms with Gasteiger partial charge in [-0.25, -0.2) is 19.3 Å². The van der Waals surface area contributed by atoms with E-state index >= 15 is 0 Å². The Morgan fingerprint density at radius 1 is 1.14 bits per heavy atom. The Hall–Kier alpha value is -4.07. The monoisotopic (exact) mass is 387 g/mol. The summed E-state index contributed by atoms with van der Waals surface area (Å²) in [6.07, 6.45) is 6.54. The molecule has 0 aliphatic heterocycles. The molecule has 0 aliphatic rings. The first-order valence-electron chi connectivity index (χ1n) is 8.88. The van der Waals surface area contributed by atoms with Gasteiger partial charge in [-0.2, -0.15) is 0 Å². The Morgan fingerprint density at radius 2 is 2.00 bits per heavy atom. The Balaban J connectivity index is 1.29. The number of carbonyl (C=O) groups is 1. The maximum atomic E-state index is 13.3. The summed E-state index contributed by atoms with van der Waals surface area (Å²) < 4.78 is 20.6. The van der Waals surface area contributed by atoms with Crippen molar-refractivity contribution < 1.29 is 13.6 Å². The molecule has 1 amide bonds. The molecule has 5 rings (SSSR count). The van der Waals surface area contributed by atoms with E-state index in [1.807, 2.05) is 24.3 Å². The van der Waals surface area contributed by atoms with Gasteiger partial charge in [-0.1, -0.05) is 12.1 Å². The molecule has 3 aromatic heterocycles. The van der Waals surface area contributed by atoms with Crippen LogP contribution < -0.4 is 5.32 Å². The molecule has 0 fully saturated rings. The minimum Gasteiger partial charge on any atom is -0.436 e. The van der Waals surface area contributed by atoms with Crippen LogP contribution in [0.5, 0.6) is 0 Å². The van der Waals surface area contributed by atoms with Crippen molar-refractivity contribution in [3.63, 3.8) is 0 Å². The highest BCUT2D eigenvalue weighted by Gasteiger charge is 2.10.